The molecule has 0 aliphatic carbocycles. The lowest BCUT2D eigenvalue weighted by atomic mass is 10.3. The normalized spacial score (nSPS) is 11.8. The van der Waals surface area contributed by atoms with Crippen molar-refractivity contribution in [3.63, 3.8) is 0 Å². The molecule has 114 valence electrons. The van der Waals surface area contributed by atoms with Crippen LogP contribution in [0.5, 0.6) is 0 Å². The van der Waals surface area contributed by atoms with Crippen LogP contribution in [0.3, 0.4) is 0 Å². The van der Waals surface area contributed by atoms with E-state index in [1.54, 1.807) is 24.0 Å². The van der Waals surface area contributed by atoms with Gasteiger partial charge in [0, 0.05) is 13.2 Å². The third kappa shape index (κ3) is 2.51. The van der Waals surface area contributed by atoms with Crippen LogP contribution in [0.15, 0.2) is 41.6 Å². The average molecular weight is 357 g/mol. The van der Waals surface area contributed by atoms with Gasteiger partial charge in [0.05, 0.1) is 27.3 Å². The molecule has 2 aromatic heterocycles. The summed E-state index contributed by atoms with van der Waals surface area (Å²) < 4.78 is 29.1. The molecule has 0 saturated carbocycles. The second kappa shape index (κ2) is 5.42. The van der Waals surface area contributed by atoms with Gasteiger partial charge in [0.15, 0.2) is 5.65 Å². The smallest absolute Gasteiger partial charge is 0.263 e. The minimum absolute atomic E-state index is 0.0202. The van der Waals surface area contributed by atoms with Crippen molar-refractivity contribution in [2.45, 2.75) is 4.90 Å². The van der Waals surface area contributed by atoms with E-state index >= 15 is 0 Å². The van der Waals surface area contributed by atoms with Crippen molar-refractivity contribution in [2.75, 3.05) is 4.72 Å². The number of hydrogen-bond donors (Lipinski definition) is 1. The molecule has 0 radical (unpaired) electrons. The summed E-state index contributed by atoms with van der Waals surface area (Å²) in [5.74, 6) is 0. The summed E-state index contributed by atoms with van der Waals surface area (Å²) >= 11 is 11.9. The molecule has 2 heterocycles. The van der Waals surface area contributed by atoms with E-state index in [9.17, 15) is 8.42 Å². The minimum atomic E-state index is -3.88. The number of aryl methyl sites for hydroxylation is 1. The first-order valence-corrected chi connectivity index (χ1v) is 8.37. The van der Waals surface area contributed by atoms with Crippen LogP contribution >= 0.6 is 23.2 Å². The Morgan fingerprint density at radius 3 is 2.77 bits per heavy atom. The highest BCUT2D eigenvalue weighted by atomic mass is 35.5. The van der Waals surface area contributed by atoms with Gasteiger partial charge in [-0.1, -0.05) is 29.3 Å². The van der Waals surface area contributed by atoms with Crippen LogP contribution in [0.1, 0.15) is 0 Å². The number of fused-ring (bicyclic) bond motifs is 1. The minimum Gasteiger partial charge on any atom is -0.279 e. The van der Waals surface area contributed by atoms with Gasteiger partial charge >= 0.3 is 0 Å². The Balaban J connectivity index is 2.09. The predicted molar refractivity (Wildman–Crippen MR) is 85.8 cm³/mol. The Morgan fingerprint density at radius 1 is 1.23 bits per heavy atom. The molecule has 0 saturated heterocycles. The van der Waals surface area contributed by atoms with E-state index in [1.165, 1.54) is 24.4 Å². The maximum atomic E-state index is 12.5. The molecule has 0 atom stereocenters. The number of hydrogen-bond acceptors (Lipinski definition) is 4. The third-order valence-corrected chi connectivity index (χ3v) is 5.42. The predicted octanol–water partition coefficient (Wildman–Crippen LogP) is 3.08. The monoisotopic (exact) mass is 356 g/mol. The highest BCUT2D eigenvalue weighted by Crippen LogP contribution is 2.31. The van der Waals surface area contributed by atoms with Crippen LogP contribution in [0.25, 0.3) is 11.0 Å². The second-order valence-electron chi connectivity index (χ2n) is 4.52. The van der Waals surface area contributed by atoms with E-state index in [4.69, 9.17) is 23.2 Å². The summed E-state index contributed by atoms with van der Waals surface area (Å²) in [6.45, 7) is 0. The Kier molecular flexibility index (Phi) is 3.72. The quantitative estimate of drug-likeness (QED) is 0.782. The summed E-state index contributed by atoms with van der Waals surface area (Å²) in [5.41, 5.74) is 0.937. The SMILES string of the molecule is Cn1ncc2c(NS(=O)(=O)c3cccc(Cl)c3Cl)ccnc21. The maximum absolute atomic E-state index is 12.5. The molecular weight excluding hydrogens is 347 g/mol. The largest absolute Gasteiger partial charge is 0.279 e. The van der Waals surface area contributed by atoms with Crippen molar-refractivity contribution in [2.24, 2.45) is 7.05 Å². The Morgan fingerprint density at radius 2 is 2.00 bits per heavy atom. The van der Waals surface area contributed by atoms with Crippen molar-refractivity contribution in [3.05, 3.63) is 46.7 Å². The van der Waals surface area contributed by atoms with E-state index in [-0.39, 0.29) is 14.9 Å². The number of anilines is 1. The second-order valence-corrected chi connectivity index (χ2v) is 6.96. The topological polar surface area (TPSA) is 76.9 Å². The van der Waals surface area contributed by atoms with Crippen molar-refractivity contribution in [3.8, 4) is 0 Å². The molecule has 22 heavy (non-hydrogen) atoms. The number of nitrogens with zero attached hydrogens (tertiary/aromatic N) is 3. The molecule has 6 nitrogen and oxygen atoms in total. The lowest BCUT2D eigenvalue weighted by Gasteiger charge is -2.10. The molecule has 1 aromatic carbocycles. The first kappa shape index (κ1) is 15.1. The Hall–Kier alpha value is -1.83. The molecule has 0 aliphatic heterocycles. The number of aromatic nitrogens is 3. The molecule has 0 fully saturated rings. The molecule has 0 spiro atoms. The van der Waals surface area contributed by atoms with Crippen LogP contribution < -0.4 is 4.72 Å². The highest BCUT2D eigenvalue weighted by Gasteiger charge is 2.21. The van der Waals surface area contributed by atoms with Gasteiger partial charge in [-0.3, -0.25) is 9.40 Å². The number of nitrogens with one attached hydrogen (secondary N) is 1. The van der Waals surface area contributed by atoms with E-state index in [1.807, 2.05) is 0 Å². The van der Waals surface area contributed by atoms with E-state index in [0.717, 1.165) is 0 Å². The van der Waals surface area contributed by atoms with E-state index < -0.39 is 10.0 Å². The van der Waals surface area contributed by atoms with Crippen molar-refractivity contribution >= 4 is 49.9 Å². The number of pyridine rings is 1. The fourth-order valence-corrected chi connectivity index (χ4v) is 3.87. The van der Waals surface area contributed by atoms with Crippen molar-refractivity contribution in [1.82, 2.24) is 14.8 Å². The van der Waals surface area contributed by atoms with Gasteiger partial charge in [-0.05, 0) is 18.2 Å². The van der Waals surface area contributed by atoms with Crippen LogP contribution in [-0.4, -0.2) is 23.2 Å². The fourth-order valence-electron chi connectivity index (χ4n) is 2.03. The van der Waals surface area contributed by atoms with Crippen molar-refractivity contribution < 1.29 is 8.42 Å². The molecule has 0 unspecified atom stereocenters. The Bertz CT molecular complexity index is 969. The maximum Gasteiger partial charge on any atom is 0.263 e. The number of benzene rings is 1. The first-order valence-electron chi connectivity index (χ1n) is 6.14. The van der Waals surface area contributed by atoms with E-state index in [0.29, 0.717) is 16.7 Å². The Labute approximate surface area is 136 Å². The summed E-state index contributed by atoms with van der Waals surface area (Å²) in [6, 6.07) is 5.99. The summed E-state index contributed by atoms with van der Waals surface area (Å²) in [4.78, 5) is 4.07. The van der Waals surface area contributed by atoms with Crippen LogP contribution in [0.2, 0.25) is 10.0 Å². The average Bonchev–Trinajstić information content (AvgIpc) is 2.84. The third-order valence-electron chi connectivity index (χ3n) is 3.09. The lowest BCUT2D eigenvalue weighted by Crippen LogP contribution is -2.14. The van der Waals surface area contributed by atoms with Crippen molar-refractivity contribution in [1.29, 1.82) is 0 Å². The van der Waals surface area contributed by atoms with Crippen LogP contribution in [-0.2, 0) is 17.1 Å². The fraction of sp³-hybridized carbons (Fsp3) is 0.0769. The van der Waals surface area contributed by atoms with Gasteiger partial charge in [-0.2, -0.15) is 5.10 Å². The van der Waals surface area contributed by atoms with Gasteiger partial charge in [-0.15, -0.1) is 0 Å². The van der Waals surface area contributed by atoms with Gasteiger partial charge in [0.25, 0.3) is 10.0 Å². The molecular formula is C13H10Cl2N4O2S. The number of rotatable bonds is 3. The van der Waals surface area contributed by atoms with E-state index in [2.05, 4.69) is 14.8 Å². The summed E-state index contributed by atoms with van der Waals surface area (Å²) in [6.07, 6.45) is 3.04. The summed E-state index contributed by atoms with van der Waals surface area (Å²) in [5, 5.41) is 4.80. The van der Waals surface area contributed by atoms with Crippen LogP contribution in [0, 0.1) is 0 Å². The lowest BCUT2D eigenvalue weighted by molar-refractivity contribution is 0.601. The van der Waals surface area contributed by atoms with Gasteiger partial charge in [0.2, 0.25) is 0 Å². The molecule has 3 aromatic rings. The molecule has 3 rings (SSSR count). The zero-order chi connectivity index (χ0) is 15.9. The van der Waals surface area contributed by atoms with Crippen LogP contribution in [0.4, 0.5) is 5.69 Å². The molecule has 9 heteroatoms. The highest BCUT2D eigenvalue weighted by molar-refractivity contribution is 7.92. The molecule has 0 bridgehead atoms. The molecule has 0 amide bonds. The zero-order valence-corrected chi connectivity index (χ0v) is 13.6. The van der Waals surface area contributed by atoms with Gasteiger partial charge < -0.3 is 0 Å². The van der Waals surface area contributed by atoms with Gasteiger partial charge in [0.1, 0.15) is 4.90 Å². The molecule has 0 aliphatic rings. The first-order chi connectivity index (χ1) is 10.4. The molecule has 1 N–H and O–H groups in total. The summed E-state index contributed by atoms with van der Waals surface area (Å²) in [7, 11) is -2.16. The standard InChI is InChI=1S/C13H10Cl2N4O2S/c1-19-13-8(7-17-19)10(5-6-16-13)18-22(20,21)11-4-2-3-9(14)12(11)15/h2-7H,1H3,(H,16,18). The number of sulfonamides is 1. The number of halogens is 2. The van der Waals surface area contributed by atoms with Gasteiger partial charge in [-0.25, -0.2) is 13.4 Å². The zero-order valence-electron chi connectivity index (χ0n) is 11.3.